The third-order valence-electron chi connectivity index (χ3n) is 6.08. The summed E-state index contributed by atoms with van der Waals surface area (Å²) in [5.41, 5.74) is 0.517. The van der Waals surface area contributed by atoms with E-state index in [4.69, 9.17) is 9.47 Å². The van der Waals surface area contributed by atoms with E-state index in [0.717, 1.165) is 10.5 Å². The van der Waals surface area contributed by atoms with Crippen molar-refractivity contribution in [2.24, 2.45) is 0 Å². The molecule has 0 fully saturated rings. The Morgan fingerprint density at radius 2 is 1.49 bits per heavy atom. The van der Waals surface area contributed by atoms with Crippen LogP contribution in [0.3, 0.4) is 0 Å². The van der Waals surface area contributed by atoms with Crippen molar-refractivity contribution in [1.82, 2.24) is 20.9 Å². The number of nitrogens with zero attached hydrogens (tertiary/aromatic N) is 1. The van der Waals surface area contributed by atoms with E-state index >= 15 is 0 Å². The second kappa shape index (κ2) is 16.4. The van der Waals surface area contributed by atoms with E-state index < -0.39 is 53.5 Å². The number of aromatic hydroxyl groups is 1. The lowest BCUT2D eigenvalue weighted by molar-refractivity contribution is -0.147. The number of carbonyl (C=O) groups is 5. The van der Waals surface area contributed by atoms with Gasteiger partial charge < -0.3 is 35.4 Å². The summed E-state index contributed by atoms with van der Waals surface area (Å²) in [6.07, 6.45) is -0.746. The monoisotopic (exact) mass is 616 g/mol. The summed E-state index contributed by atoms with van der Waals surface area (Å²) in [6, 6.07) is 11.4. The molecule has 0 aromatic heterocycles. The molecule has 4 amide bonds. The average molecular weight is 617 g/mol. The number of esters is 1. The molecule has 3 atom stereocenters. The lowest BCUT2D eigenvalue weighted by Crippen LogP contribution is -2.61. The van der Waals surface area contributed by atoms with Crippen LogP contribution in [0.5, 0.6) is 5.75 Å². The van der Waals surface area contributed by atoms with Crippen LogP contribution in [0.25, 0.3) is 0 Å². The van der Waals surface area contributed by atoms with Crippen molar-refractivity contribution in [1.29, 1.82) is 0 Å². The number of amides is 4. The highest BCUT2D eigenvalue weighted by molar-refractivity contribution is 7.80. The van der Waals surface area contributed by atoms with E-state index in [-0.39, 0.29) is 31.0 Å². The molecule has 4 N–H and O–H groups in total. The Morgan fingerprint density at radius 1 is 0.907 bits per heavy atom. The molecular formula is C30H40N4O8S. The first-order valence-electron chi connectivity index (χ1n) is 13.6. The van der Waals surface area contributed by atoms with Gasteiger partial charge in [0.2, 0.25) is 17.7 Å². The minimum Gasteiger partial charge on any atom is -0.508 e. The second-order valence-corrected chi connectivity index (χ2v) is 11.1. The van der Waals surface area contributed by atoms with Crippen molar-refractivity contribution in [3.05, 3.63) is 65.7 Å². The fraction of sp³-hybridized carbons (Fsp3) is 0.433. The summed E-state index contributed by atoms with van der Waals surface area (Å²) in [6.45, 7) is 5.92. The molecule has 0 aliphatic carbocycles. The van der Waals surface area contributed by atoms with Crippen molar-refractivity contribution in [3.8, 4) is 5.75 Å². The predicted octanol–water partition coefficient (Wildman–Crippen LogP) is 1.95. The molecule has 43 heavy (non-hydrogen) atoms. The van der Waals surface area contributed by atoms with Gasteiger partial charge in [0.1, 0.15) is 29.5 Å². The summed E-state index contributed by atoms with van der Waals surface area (Å²) < 4.78 is 10.2. The van der Waals surface area contributed by atoms with Gasteiger partial charge in [0.25, 0.3) is 0 Å². The molecule has 0 bridgehead atoms. The molecule has 0 saturated heterocycles. The van der Waals surface area contributed by atoms with Crippen LogP contribution in [0.15, 0.2) is 54.6 Å². The van der Waals surface area contributed by atoms with Gasteiger partial charge in [-0.3, -0.25) is 14.4 Å². The number of hydrogen-bond acceptors (Lipinski definition) is 9. The number of rotatable bonds is 13. The maximum absolute atomic E-state index is 14.0. The Labute approximate surface area is 256 Å². The summed E-state index contributed by atoms with van der Waals surface area (Å²) in [5, 5.41) is 17.3. The van der Waals surface area contributed by atoms with Crippen molar-refractivity contribution < 1.29 is 38.6 Å². The van der Waals surface area contributed by atoms with Gasteiger partial charge in [-0.05, 0) is 44.0 Å². The van der Waals surface area contributed by atoms with Crippen LogP contribution < -0.4 is 16.0 Å². The number of carbonyl (C=O) groups excluding carboxylic acids is 5. The average Bonchev–Trinajstić information content (AvgIpc) is 2.94. The number of hydrogen-bond donors (Lipinski definition) is 5. The fourth-order valence-corrected chi connectivity index (χ4v) is 4.40. The lowest BCUT2D eigenvalue weighted by atomic mass is 10.0. The third-order valence-corrected chi connectivity index (χ3v) is 6.43. The Balaban J connectivity index is 2.40. The number of phenolic OH excluding ortho intramolecular Hbond substituents is 1. The highest BCUT2D eigenvalue weighted by Crippen LogP contribution is 2.15. The highest BCUT2D eigenvalue weighted by atomic mass is 32.1. The van der Waals surface area contributed by atoms with E-state index in [2.05, 4.69) is 28.6 Å². The Hall–Kier alpha value is -4.26. The summed E-state index contributed by atoms with van der Waals surface area (Å²) in [4.78, 5) is 65.9. The smallest absolute Gasteiger partial charge is 0.408 e. The zero-order valence-corrected chi connectivity index (χ0v) is 25.9. The van der Waals surface area contributed by atoms with Gasteiger partial charge in [-0.25, -0.2) is 9.59 Å². The SMILES string of the molecule is COC(=O)[C@H](Cc1ccc(O)cc1)NC(=O)[C@H](CS)N(CNC(C)=O)C(=O)[C@@H](Cc1ccccc1)NC(=O)OC(C)(C)C. The van der Waals surface area contributed by atoms with Crippen LogP contribution in [0.4, 0.5) is 4.79 Å². The Kier molecular flexibility index (Phi) is 13.3. The normalized spacial score (nSPS) is 13.1. The summed E-state index contributed by atoms with van der Waals surface area (Å²) in [7, 11) is 1.18. The van der Waals surface area contributed by atoms with Gasteiger partial charge >= 0.3 is 12.1 Å². The van der Waals surface area contributed by atoms with Gasteiger partial charge in [0.15, 0.2) is 0 Å². The molecule has 2 aromatic carbocycles. The van der Waals surface area contributed by atoms with Crippen LogP contribution in [-0.4, -0.2) is 83.0 Å². The largest absolute Gasteiger partial charge is 0.508 e. The molecule has 13 heteroatoms. The molecule has 0 aliphatic rings. The molecular weight excluding hydrogens is 576 g/mol. The van der Waals surface area contributed by atoms with Crippen molar-refractivity contribution >= 4 is 42.4 Å². The molecule has 0 saturated carbocycles. The van der Waals surface area contributed by atoms with E-state index in [1.165, 1.54) is 26.2 Å². The maximum Gasteiger partial charge on any atom is 0.408 e. The third kappa shape index (κ3) is 11.9. The predicted molar refractivity (Wildman–Crippen MR) is 162 cm³/mol. The molecule has 0 radical (unpaired) electrons. The Bertz CT molecular complexity index is 1250. The number of alkyl carbamates (subject to hydrolysis) is 1. The van der Waals surface area contributed by atoms with Gasteiger partial charge in [0.05, 0.1) is 13.8 Å². The molecule has 234 valence electrons. The topological polar surface area (TPSA) is 163 Å². The first kappa shape index (κ1) is 34.9. The molecule has 0 unspecified atom stereocenters. The number of benzene rings is 2. The maximum atomic E-state index is 14.0. The van der Waals surface area contributed by atoms with E-state index in [1.807, 2.05) is 6.07 Å². The first-order chi connectivity index (χ1) is 20.2. The highest BCUT2D eigenvalue weighted by Gasteiger charge is 2.36. The quantitative estimate of drug-likeness (QED) is 0.130. The summed E-state index contributed by atoms with van der Waals surface area (Å²) in [5.74, 6) is -2.77. The number of methoxy groups -OCH3 is 1. The van der Waals surface area contributed by atoms with E-state index in [0.29, 0.717) is 5.56 Å². The van der Waals surface area contributed by atoms with Crippen molar-refractivity contribution in [2.45, 2.75) is 64.3 Å². The van der Waals surface area contributed by atoms with Crippen LogP contribution >= 0.6 is 12.6 Å². The fourth-order valence-electron chi connectivity index (χ4n) is 4.03. The molecule has 0 aliphatic heterocycles. The zero-order chi connectivity index (χ0) is 32.2. The summed E-state index contributed by atoms with van der Waals surface area (Å²) >= 11 is 4.31. The van der Waals surface area contributed by atoms with E-state index in [1.54, 1.807) is 57.2 Å². The van der Waals surface area contributed by atoms with Gasteiger partial charge in [0, 0.05) is 25.5 Å². The number of ether oxygens (including phenoxy) is 2. The molecule has 0 spiro atoms. The van der Waals surface area contributed by atoms with Gasteiger partial charge in [-0.1, -0.05) is 42.5 Å². The number of phenols is 1. The van der Waals surface area contributed by atoms with Crippen LogP contribution in [-0.2, 0) is 41.5 Å². The molecule has 2 aromatic rings. The van der Waals surface area contributed by atoms with Crippen molar-refractivity contribution in [2.75, 3.05) is 19.5 Å². The van der Waals surface area contributed by atoms with E-state index in [9.17, 15) is 29.1 Å². The zero-order valence-electron chi connectivity index (χ0n) is 25.0. The standard InChI is InChI=1S/C30H40N4O8S/c1-19(35)31-18-34(27(38)23(15-20-9-7-6-8-10-20)33-29(40)42-30(2,3)4)25(17-43)26(37)32-24(28(39)41-5)16-21-11-13-22(36)14-12-21/h6-14,23-25,36,43H,15-18H2,1-5H3,(H,31,35)(H,32,37)(H,33,40)/t23-,24+,25+/m1/s1. The number of thiol groups is 1. The molecule has 0 heterocycles. The second-order valence-electron chi connectivity index (χ2n) is 10.7. The lowest BCUT2D eigenvalue weighted by Gasteiger charge is -2.34. The van der Waals surface area contributed by atoms with Gasteiger partial charge in [-0.15, -0.1) is 0 Å². The minimum atomic E-state index is -1.27. The minimum absolute atomic E-state index is 0.0362. The van der Waals surface area contributed by atoms with Crippen LogP contribution in [0.2, 0.25) is 0 Å². The first-order valence-corrected chi connectivity index (χ1v) is 14.2. The van der Waals surface area contributed by atoms with Crippen LogP contribution in [0, 0.1) is 0 Å². The number of nitrogens with one attached hydrogen (secondary N) is 3. The van der Waals surface area contributed by atoms with Gasteiger partial charge in [-0.2, -0.15) is 12.6 Å². The molecule has 2 rings (SSSR count). The van der Waals surface area contributed by atoms with Crippen LogP contribution in [0.1, 0.15) is 38.8 Å². The molecule has 12 nitrogen and oxygen atoms in total. The van der Waals surface area contributed by atoms with Crippen molar-refractivity contribution in [3.63, 3.8) is 0 Å². The Morgan fingerprint density at radius 3 is 2.02 bits per heavy atom.